The van der Waals surface area contributed by atoms with Gasteiger partial charge in [0.2, 0.25) is 0 Å². The van der Waals surface area contributed by atoms with E-state index in [-0.39, 0.29) is 12.0 Å². The number of thioether (sulfide) groups is 1. The fourth-order valence-electron chi connectivity index (χ4n) is 2.17. The molecule has 0 aromatic rings. The van der Waals surface area contributed by atoms with Gasteiger partial charge in [-0.1, -0.05) is 19.8 Å². The minimum absolute atomic E-state index is 0.117. The summed E-state index contributed by atoms with van der Waals surface area (Å²) in [6.45, 7) is 2.99. The Morgan fingerprint density at radius 2 is 2.18 bits per heavy atom. The van der Waals surface area contributed by atoms with Gasteiger partial charge in [0.05, 0.1) is 7.11 Å². The third-order valence-electron chi connectivity index (χ3n) is 3.19. The molecule has 0 aromatic heterocycles. The zero-order valence-corrected chi connectivity index (χ0v) is 11.9. The maximum absolute atomic E-state index is 11.6. The minimum atomic E-state index is -0.120. The number of carbonyl (C=O) groups excluding carboxylic acids is 1. The molecule has 0 bridgehead atoms. The summed E-state index contributed by atoms with van der Waals surface area (Å²) in [5.74, 6) is 0.937. The topological polar surface area (TPSA) is 38.3 Å². The van der Waals surface area contributed by atoms with Crippen molar-refractivity contribution in [3.63, 3.8) is 0 Å². The van der Waals surface area contributed by atoms with Gasteiger partial charge >= 0.3 is 5.97 Å². The summed E-state index contributed by atoms with van der Waals surface area (Å²) in [5.41, 5.74) is 0. The second-order valence-electron chi connectivity index (χ2n) is 4.60. The van der Waals surface area contributed by atoms with Gasteiger partial charge in [0, 0.05) is 5.25 Å². The standard InChI is InChI=1S/C13H25NO2S/c1-3-9-14-12(13(15)16-2)8-10-17-11-6-4-5-7-11/h11-12,14H,3-10H2,1-2H3. The second kappa shape index (κ2) is 8.81. The highest BCUT2D eigenvalue weighted by molar-refractivity contribution is 7.99. The SMILES string of the molecule is CCCNC(CCSC1CCCC1)C(=O)OC. The maximum Gasteiger partial charge on any atom is 0.322 e. The van der Waals surface area contributed by atoms with Gasteiger partial charge in [-0.25, -0.2) is 0 Å². The lowest BCUT2D eigenvalue weighted by molar-refractivity contribution is -0.143. The van der Waals surface area contributed by atoms with E-state index in [1.807, 2.05) is 11.8 Å². The van der Waals surface area contributed by atoms with E-state index in [1.54, 1.807) is 0 Å². The minimum Gasteiger partial charge on any atom is -0.468 e. The summed E-state index contributed by atoms with van der Waals surface area (Å²) in [6, 6.07) is -0.117. The van der Waals surface area contributed by atoms with Crippen LogP contribution in [0.2, 0.25) is 0 Å². The van der Waals surface area contributed by atoms with Gasteiger partial charge in [0.15, 0.2) is 0 Å². The fraction of sp³-hybridized carbons (Fsp3) is 0.923. The average molecular weight is 259 g/mol. The van der Waals surface area contributed by atoms with Crippen LogP contribution in [-0.4, -0.2) is 36.7 Å². The van der Waals surface area contributed by atoms with Crippen molar-refractivity contribution >= 4 is 17.7 Å². The Kier molecular flexibility index (Phi) is 7.69. The molecule has 100 valence electrons. The first kappa shape index (κ1) is 14.8. The molecule has 1 atom stereocenters. The van der Waals surface area contributed by atoms with E-state index in [4.69, 9.17) is 4.74 Å². The predicted octanol–water partition coefficient (Wildman–Crippen LogP) is 2.59. The molecule has 17 heavy (non-hydrogen) atoms. The van der Waals surface area contributed by atoms with Crippen molar-refractivity contribution in [1.82, 2.24) is 5.32 Å². The van der Waals surface area contributed by atoms with Crippen LogP contribution in [-0.2, 0) is 9.53 Å². The van der Waals surface area contributed by atoms with Gasteiger partial charge in [-0.3, -0.25) is 4.79 Å². The third-order valence-corrected chi connectivity index (χ3v) is 4.60. The summed E-state index contributed by atoms with van der Waals surface area (Å²) < 4.78 is 4.82. The molecule has 0 radical (unpaired) electrons. The molecule has 0 aromatic carbocycles. The molecule has 0 aliphatic heterocycles. The molecule has 1 saturated carbocycles. The third kappa shape index (κ3) is 5.77. The molecule has 4 heteroatoms. The lowest BCUT2D eigenvalue weighted by atomic mass is 10.2. The summed E-state index contributed by atoms with van der Waals surface area (Å²) in [4.78, 5) is 11.6. The number of methoxy groups -OCH3 is 1. The number of hydrogen-bond acceptors (Lipinski definition) is 4. The molecule has 1 unspecified atom stereocenters. The van der Waals surface area contributed by atoms with Crippen LogP contribution < -0.4 is 5.32 Å². The smallest absolute Gasteiger partial charge is 0.322 e. The zero-order valence-electron chi connectivity index (χ0n) is 11.0. The number of ether oxygens (including phenoxy) is 1. The molecule has 1 fully saturated rings. The van der Waals surface area contributed by atoms with E-state index < -0.39 is 0 Å². The van der Waals surface area contributed by atoms with Crippen molar-refractivity contribution in [2.45, 2.75) is 56.7 Å². The molecule has 0 saturated heterocycles. The normalized spacial score (nSPS) is 18.2. The quantitative estimate of drug-likeness (QED) is 0.680. The Morgan fingerprint density at radius 1 is 1.47 bits per heavy atom. The van der Waals surface area contributed by atoms with Gasteiger partial charge in [-0.05, 0) is 38.0 Å². The average Bonchev–Trinajstić information content (AvgIpc) is 2.85. The van der Waals surface area contributed by atoms with E-state index in [2.05, 4.69) is 12.2 Å². The van der Waals surface area contributed by atoms with Crippen molar-refractivity contribution in [2.24, 2.45) is 0 Å². The van der Waals surface area contributed by atoms with Gasteiger partial charge in [-0.15, -0.1) is 0 Å². The molecular formula is C13H25NO2S. The first-order valence-electron chi connectivity index (χ1n) is 6.70. The zero-order chi connectivity index (χ0) is 12.5. The van der Waals surface area contributed by atoms with Gasteiger partial charge < -0.3 is 10.1 Å². The number of carbonyl (C=O) groups is 1. The lowest BCUT2D eigenvalue weighted by Crippen LogP contribution is -2.38. The molecule has 0 spiro atoms. The maximum atomic E-state index is 11.6. The van der Waals surface area contributed by atoms with Crippen LogP contribution in [0.15, 0.2) is 0 Å². The van der Waals surface area contributed by atoms with Gasteiger partial charge in [-0.2, -0.15) is 11.8 Å². The molecule has 1 aliphatic rings. The highest BCUT2D eigenvalue weighted by atomic mass is 32.2. The Balaban J connectivity index is 2.19. The highest BCUT2D eigenvalue weighted by Gasteiger charge is 2.20. The molecule has 1 aliphatic carbocycles. The Labute approximate surface area is 109 Å². The largest absolute Gasteiger partial charge is 0.468 e. The van der Waals surface area contributed by atoms with Gasteiger partial charge in [0.25, 0.3) is 0 Å². The predicted molar refractivity (Wildman–Crippen MR) is 73.4 cm³/mol. The van der Waals surface area contributed by atoms with E-state index in [0.717, 1.165) is 30.4 Å². The lowest BCUT2D eigenvalue weighted by Gasteiger charge is -2.16. The van der Waals surface area contributed by atoms with Crippen LogP contribution in [0.5, 0.6) is 0 Å². The number of hydrogen-bond donors (Lipinski definition) is 1. The van der Waals surface area contributed by atoms with Crippen molar-refractivity contribution < 1.29 is 9.53 Å². The fourth-order valence-corrected chi connectivity index (χ4v) is 3.54. The Hall–Kier alpha value is -0.220. The summed E-state index contributed by atoms with van der Waals surface area (Å²) in [7, 11) is 1.47. The van der Waals surface area contributed by atoms with E-state index in [9.17, 15) is 4.79 Å². The number of esters is 1. The Bertz CT molecular complexity index is 217. The summed E-state index contributed by atoms with van der Waals surface area (Å²) >= 11 is 2.03. The monoisotopic (exact) mass is 259 g/mol. The molecule has 1 rings (SSSR count). The number of rotatable bonds is 8. The molecule has 3 nitrogen and oxygen atoms in total. The summed E-state index contributed by atoms with van der Waals surface area (Å²) in [6.07, 6.45) is 7.40. The molecule has 0 amide bonds. The summed E-state index contributed by atoms with van der Waals surface area (Å²) in [5, 5.41) is 4.09. The van der Waals surface area contributed by atoms with Crippen molar-refractivity contribution in [1.29, 1.82) is 0 Å². The first-order chi connectivity index (χ1) is 8.27. The molecule has 0 heterocycles. The van der Waals surface area contributed by atoms with E-state index in [0.29, 0.717) is 0 Å². The van der Waals surface area contributed by atoms with Crippen LogP contribution in [0.3, 0.4) is 0 Å². The van der Waals surface area contributed by atoms with Crippen LogP contribution in [0.25, 0.3) is 0 Å². The highest BCUT2D eigenvalue weighted by Crippen LogP contribution is 2.29. The van der Waals surface area contributed by atoms with Crippen molar-refractivity contribution in [2.75, 3.05) is 19.4 Å². The van der Waals surface area contributed by atoms with E-state index >= 15 is 0 Å². The number of nitrogens with one attached hydrogen (secondary N) is 1. The van der Waals surface area contributed by atoms with Crippen LogP contribution in [0.1, 0.15) is 45.4 Å². The van der Waals surface area contributed by atoms with Gasteiger partial charge in [0.1, 0.15) is 6.04 Å². The van der Waals surface area contributed by atoms with Crippen LogP contribution in [0.4, 0.5) is 0 Å². The van der Waals surface area contributed by atoms with Crippen molar-refractivity contribution in [3.8, 4) is 0 Å². The van der Waals surface area contributed by atoms with Crippen molar-refractivity contribution in [3.05, 3.63) is 0 Å². The molecular weight excluding hydrogens is 234 g/mol. The second-order valence-corrected chi connectivity index (χ2v) is 6.00. The Morgan fingerprint density at radius 3 is 2.76 bits per heavy atom. The van der Waals surface area contributed by atoms with E-state index in [1.165, 1.54) is 32.8 Å². The van der Waals surface area contributed by atoms with Crippen LogP contribution in [0, 0.1) is 0 Å². The first-order valence-corrected chi connectivity index (χ1v) is 7.75. The molecule has 1 N–H and O–H groups in total. The van der Waals surface area contributed by atoms with Crippen LogP contribution >= 0.6 is 11.8 Å².